The second kappa shape index (κ2) is 8.51. The van der Waals surface area contributed by atoms with Crippen molar-refractivity contribution in [2.24, 2.45) is 5.73 Å². The Morgan fingerprint density at radius 2 is 1.82 bits per heavy atom. The molecular weight excluding hydrogens is 226 g/mol. The van der Waals surface area contributed by atoms with Gasteiger partial charge >= 0.3 is 5.97 Å². The number of carbonyl (C=O) groups is 3. The number of rotatable bonds is 8. The molecule has 2 amide bonds. The zero-order valence-corrected chi connectivity index (χ0v) is 9.86. The first-order chi connectivity index (χ1) is 7.93. The van der Waals surface area contributed by atoms with Crippen LogP contribution in [0.5, 0.6) is 0 Å². The molecule has 0 aromatic carbocycles. The number of aliphatic carboxylic acids is 1. The number of carbonyl (C=O) groups excluding carboxylic acids is 2. The molecule has 0 fully saturated rings. The molecule has 7 heteroatoms. The van der Waals surface area contributed by atoms with Gasteiger partial charge in [-0.2, -0.15) is 0 Å². The lowest BCUT2D eigenvalue weighted by molar-refractivity contribution is -0.138. The standard InChI is InChI=1S/C10H19N3O4/c1-7(14)12-5-2-6-13-9(15)4-3-8(11)10(16)17/h8H,2-6,11H2,1H3,(H,12,14)(H,13,15)(H,16,17). The molecule has 0 aliphatic heterocycles. The lowest BCUT2D eigenvalue weighted by atomic mass is 10.1. The Morgan fingerprint density at radius 1 is 1.24 bits per heavy atom. The summed E-state index contributed by atoms with van der Waals surface area (Å²) in [7, 11) is 0. The minimum Gasteiger partial charge on any atom is -0.480 e. The van der Waals surface area contributed by atoms with Gasteiger partial charge in [0, 0.05) is 26.4 Å². The van der Waals surface area contributed by atoms with Gasteiger partial charge in [-0.05, 0) is 12.8 Å². The third-order valence-electron chi connectivity index (χ3n) is 2.05. The molecule has 17 heavy (non-hydrogen) atoms. The Kier molecular flexibility index (Phi) is 7.70. The van der Waals surface area contributed by atoms with E-state index < -0.39 is 12.0 Å². The van der Waals surface area contributed by atoms with E-state index in [1.165, 1.54) is 6.92 Å². The average molecular weight is 245 g/mol. The van der Waals surface area contributed by atoms with Crippen molar-refractivity contribution in [2.45, 2.75) is 32.2 Å². The van der Waals surface area contributed by atoms with Crippen LogP contribution >= 0.6 is 0 Å². The van der Waals surface area contributed by atoms with Crippen LogP contribution < -0.4 is 16.4 Å². The van der Waals surface area contributed by atoms with Crippen LogP contribution in [0.25, 0.3) is 0 Å². The fourth-order valence-corrected chi connectivity index (χ4v) is 1.08. The summed E-state index contributed by atoms with van der Waals surface area (Å²) in [6, 6.07) is -1.000. The Morgan fingerprint density at radius 3 is 2.35 bits per heavy atom. The number of nitrogens with two attached hydrogens (primary N) is 1. The number of nitrogens with one attached hydrogen (secondary N) is 2. The van der Waals surface area contributed by atoms with Crippen LogP contribution in [0.4, 0.5) is 0 Å². The van der Waals surface area contributed by atoms with Crippen LogP contribution in [0.15, 0.2) is 0 Å². The number of hydrogen-bond acceptors (Lipinski definition) is 4. The quantitative estimate of drug-likeness (QED) is 0.401. The van der Waals surface area contributed by atoms with Crippen molar-refractivity contribution >= 4 is 17.8 Å². The van der Waals surface area contributed by atoms with Crippen LogP contribution in [0.2, 0.25) is 0 Å². The van der Waals surface area contributed by atoms with E-state index in [2.05, 4.69) is 10.6 Å². The molecule has 1 atom stereocenters. The van der Waals surface area contributed by atoms with Gasteiger partial charge in [-0.1, -0.05) is 0 Å². The molecule has 5 N–H and O–H groups in total. The average Bonchev–Trinajstić information content (AvgIpc) is 2.24. The first kappa shape index (κ1) is 15.4. The van der Waals surface area contributed by atoms with Crippen LogP contribution in [0, 0.1) is 0 Å². The zero-order chi connectivity index (χ0) is 13.3. The molecule has 0 saturated heterocycles. The first-order valence-corrected chi connectivity index (χ1v) is 5.43. The van der Waals surface area contributed by atoms with Crippen molar-refractivity contribution in [1.82, 2.24) is 10.6 Å². The summed E-state index contributed by atoms with van der Waals surface area (Å²) in [6.45, 7) is 2.37. The minimum absolute atomic E-state index is 0.0909. The Hall–Kier alpha value is -1.63. The highest BCUT2D eigenvalue weighted by molar-refractivity contribution is 5.78. The van der Waals surface area contributed by atoms with E-state index in [0.717, 1.165) is 0 Å². The molecule has 0 radical (unpaired) electrons. The fraction of sp³-hybridized carbons (Fsp3) is 0.700. The van der Waals surface area contributed by atoms with Crippen LogP contribution in [-0.4, -0.2) is 42.0 Å². The molecular formula is C10H19N3O4. The maximum absolute atomic E-state index is 11.2. The number of hydrogen-bond donors (Lipinski definition) is 4. The number of carboxylic acids is 1. The molecule has 0 aromatic rings. The van der Waals surface area contributed by atoms with Gasteiger partial charge < -0.3 is 21.5 Å². The molecule has 0 rings (SSSR count). The van der Waals surface area contributed by atoms with Gasteiger partial charge in [-0.15, -0.1) is 0 Å². The maximum Gasteiger partial charge on any atom is 0.320 e. The van der Waals surface area contributed by atoms with Crippen molar-refractivity contribution in [1.29, 1.82) is 0 Å². The van der Waals surface area contributed by atoms with Crippen molar-refractivity contribution in [3.05, 3.63) is 0 Å². The van der Waals surface area contributed by atoms with Gasteiger partial charge in [-0.3, -0.25) is 14.4 Å². The van der Waals surface area contributed by atoms with E-state index in [9.17, 15) is 14.4 Å². The van der Waals surface area contributed by atoms with Crippen LogP contribution in [0.1, 0.15) is 26.2 Å². The van der Waals surface area contributed by atoms with Gasteiger partial charge in [-0.25, -0.2) is 0 Å². The van der Waals surface area contributed by atoms with Crippen molar-refractivity contribution in [3.8, 4) is 0 Å². The molecule has 0 saturated carbocycles. The van der Waals surface area contributed by atoms with Gasteiger partial charge in [0.25, 0.3) is 0 Å². The molecule has 0 bridgehead atoms. The van der Waals surface area contributed by atoms with E-state index >= 15 is 0 Å². The van der Waals surface area contributed by atoms with Crippen molar-refractivity contribution < 1.29 is 19.5 Å². The van der Waals surface area contributed by atoms with E-state index in [0.29, 0.717) is 19.5 Å². The fourth-order valence-electron chi connectivity index (χ4n) is 1.08. The second-order valence-electron chi connectivity index (χ2n) is 3.67. The molecule has 0 heterocycles. The summed E-state index contributed by atoms with van der Waals surface area (Å²) in [5.74, 6) is -1.45. The predicted molar refractivity (Wildman–Crippen MR) is 61.2 cm³/mol. The molecule has 7 nitrogen and oxygen atoms in total. The number of carboxylic acid groups (broad SMARTS) is 1. The summed E-state index contributed by atoms with van der Waals surface area (Å²) < 4.78 is 0. The van der Waals surface area contributed by atoms with Crippen molar-refractivity contribution in [2.75, 3.05) is 13.1 Å². The van der Waals surface area contributed by atoms with Crippen LogP contribution in [0.3, 0.4) is 0 Å². The van der Waals surface area contributed by atoms with Crippen molar-refractivity contribution in [3.63, 3.8) is 0 Å². The third-order valence-corrected chi connectivity index (χ3v) is 2.05. The van der Waals surface area contributed by atoms with E-state index in [4.69, 9.17) is 10.8 Å². The highest BCUT2D eigenvalue weighted by atomic mass is 16.4. The number of amides is 2. The molecule has 0 spiro atoms. The van der Waals surface area contributed by atoms with Crippen LogP contribution in [-0.2, 0) is 14.4 Å². The third kappa shape index (κ3) is 9.31. The summed E-state index contributed by atoms with van der Waals surface area (Å²) in [4.78, 5) is 32.1. The molecule has 0 aliphatic rings. The molecule has 0 aliphatic carbocycles. The van der Waals surface area contributed by atoms with Gasteiger partial charge in [0.15, 0.2) is 0 Å². The Balaban J connectivity index is 3.47. The SMILES string of the molecule is CC(=O)NCCCNC(=O)CCC(N)C(=O)O. The normalized spacial score (nSPS) is 11.6. The maximum atomic E-state index is 11.2. The molecule has 98 valence electrons. The van der Waals surface area contributed by atoms with E-state index in [-0.39, 0.29) is 24.7 Å². The monoisotopic (exact) mass is 245 g/mol. The first-order valence-electron chi connectivity index (χ1n) is 5.43. The highest BCUT2D eigenvalue weighted by Gasteiger charge is 2.12. The largest absolute Gasteiger partial charge is 0.480 e. The zero-order valence-electron chi connectivity index (χ0n) is 9.86. The van der Waals surface area contributed by atoms with Gasteiger partial charge in [0.1, 0.15) is 6.04 Å². The summed E-state index contributed by atoms with van der Waals surface area (Å²) in [6.07, 6.45) is 0.844. The Bertz CT molecular complexity index is 281. The smallest absolute Gasteiger partial charge is 0.320 e. The van der Waals surface area contributed by atoms with E-state index in [1.807, 2.05) is 0 Å². The van der Waals surface area contributed by atoms with E-state index in [1.54, 1.807) is 0 Å². The molecule has 0 aromatic heterocycles. The lowest BCUT2D eigenvalue weighted by Gasteiger charge is -2.07. The molecule has 1 unspecified atom stereocenters. The van der Waals surface area contributed by atoms with Gasteiger partial charge in [0.2, 0.25) is 11.8 Å². The summed E-state index contributed by atoms with van der Waals surface area (Å²) in [5.41, 5.74) is 5.25. The lowest BCUT2D eigenvalue weighted by Crippen LogP contribution is -2.33. The summed E-state index contributed by atoms with van der Waals surface area (Å²) in [5, 5.41) is 13.7. The predicted octanol–water partition coefficient (Wildman–Crippen LogP) is -1.18. The summed E-state index contributed by atoms with van der Waals surface area (Å²) >= 11 is 0. The highest BCUT2D eigenvalue weighted by Crippen LogP contribution is 1.94. The van der Waals surface area contributed by atoms with Gasteiger partial charge in [0.05, 0.1) is 0 Å². The topological polar surface area (TPSA) is 122 Å². The minimum atomic E-state index is -1.11. The Labute approximate surface area is 99.7 Å². The second-order valence-corrected chi connectivity index (χ2v) is 3.67.